The van der Waals surface area contributed by atoms with Crippen molar-refractivity contribution in [1.29, 1.82) is 0 Å². The Hall–Kier alpha value is -6.50. The predicted octanol–water partition coefficient (Wildman–Crippen LogP) is 6.51. The molecule has 0 aliphatic carbocycles. The van der Waals surface area contributed by atoms with Gasteiger partial charge in [0.05, 0.1) is 0 Å². The van der Waals surface area contributed by atoms with Gasteiger partial charge in [0, 0.05) is 64.5 Å². The quantitative estimate of drug-likeness (QED) is 0.117. The molecule has 0 radical (unpaired) electrons. The monoisotopic (exact) mass is 728 g/mol. The van der Waals surface area contributed by atoms with E-state index < -0.39 is 11.9 Å². The van der Waals surface area contributed by atoms with Crippen molar-refractivity contribution in [3.8, 4) is 11.5 Å². The molecule has 2 heterocycles. The molecule has 0 bridgehead atoms. The summed E-state index contributed by atoms with van der Waals surface area (Å²) in [5.41, 5.74) is 0. The summed E-state index contributed by atoms with van der Waals surface area (Å²) in [6.07, 6.45) is 0.571. The lowest BCUT2D eigenvalue weighted by Crippen LogP contribution is -2.47. The molecule has 8 rings (SSSR count). The van der Waals surface area contributed by atoms with Gasteiger partial charge in [0.2, 0.25) is 0 Å². The van der Waals surface area contributed by atoms with Gasteiger partial charge in [-0.1, -0.05) is 84.9 Å². The van der Waals surface area contributed by atoms with Crippen molar-refractivity contribution in [2.75, 3.05) is 52.4 Å². The fourth-order valence-corrected chi connectivity index (χ4v) is 6.26. The summed E-state index contributed by atoms with van der Waals surface area (Å²) < 4.78 is 11.1. The Bertz CT molecular complexity index is 2170. The number of amides is 2. The standard InChI is InChI=1S/2C19H18N2O2.C4H4O4/c2*22-19(21-11-9-20-10-12-21)23-16-8-7-15-6-5-14-3-1-2-4-17(14)18(15)13-16;5-3(6)1-2-4(7)8/h2*1-8,13,20H,9-12H2;1-2H,(H,5,6)(H,7,8)/b;;2-1-. The molecule has 2 aliphatic heterocycles. The number of ether oxygens (including phenoxy) is 2. The number of fused-ring (bicyclic) bond motifs is 6. The number of carbonyl (C=O) groups is 4. The summed E-state index contributed by atoms with van der Waals surface area (Å²) in [6.45, 7) is 6.03. The van der Waals surface area contributed by atoms with Gasteiger partial charge in [0.1, 0.15) is 11.5 Å². The topological polar surface area (TPSA) is 158 Å². The Kier molecular flexibility index (Phi) is 12.3. The molecule has 0 spiro atoms. The summed E-state index contributed by atoms with van der Waals surface area (Å²) in [5, 5.41) is 31.3. The van der Waals surface area contributed by atoms with Crippen molar-refractivity contribution in [2.24, 2.45) is 0 Å². The fourth-order valence-electron chi connectivity index (χ4n) is 6.26. The Morgan fingerprint density at radius 1 is 0.481 bits per heavy atom. The molecule has 12 nitrogen and oxygen atoms in total. The van der Waals surface area contributed by atoms with Gasteiger partial charge in [-0.2, -0.15) is 0 Å². The number of rotatable bonds is 4. The molecule has 6 aromatic rings. The molecule has 276 valence electrons. The van der Waals surface area contributed by atoms with Crippen molar-refractivity contribution in [3.05, 3.63) is 121 Å². The number of piperazine rings is 2. The minimum Gasteiger partial charge on any atom is -0.478 e. The van der Waals surface area contributed by atoms with Crippen molar-refractivity contribution in [3.63, 3.8) is 0 Å². The summed E-state index contributed by atoms with van der Waals surface area (Å²) in [5.74, 6) is -1.32. The van der Waals surface area contributed by atoms with Crippen LogP contribution in [0.4, 0.5) is 9.59 Å². The first-order chi connectivity index (χ1) is 26.2. The van der Waals surface area contributed by atoms with Crippen LogP contribution in [0.2, 0.25) is 0 Å². The van der Waals surface area contributed by atoms with Crippen LogP contribution in [0.5, 0.6) is 11.5 Å². The number of nitrogens with one attached hydrogen (secondary N) is 2. The minimum atomic E-state index is -1.26. The highest BCUT2D eigenvalue weighted by Crippen LogP contribution is 2.30. The summed E-state index contributed by atoms with van der Waals surface area (Å²) in [7, 11) is 0. The lowest BCUT2D eigenvalue weighted by Gasteiger charge is -2.26. The first-order valence-corrected chi connectivity index (χ1v) is 17.6. The van der Waals surface area contributed by atoms with Crippen molar-refractivity contribution in [2.45, 2.75) is 0 Å². The third-order valence-electron chi connectivity index (χ3n) is 8.97. The van der Waals surface area contributed by atoms with E-state index in [0.717, 1.165) is 47.7 Å². The average Bonchev–Trinajstić information content (AvgIpc) is 3.21. The molecule has 0 atom stereocenters. The maximum absolute atomic E-state index is 12.2. The van der Waals surface area contributed by atoms with Crippen LogP contribution in [-0.4, -0.2) is 96.5 Å². The molecule has 0 aromatic heterocycles. The van der Waals surface area contributed by atoms with E-state index in [4.69, 9.17) is 19.7 Å². The predicted molar refractivity (Wildman–Crippen MR) is 208 cm³/mol. The van der Waals surface area contributed by atoms with Crippen LogP contribution in [0.15, 0.2) is 121 Å². The van der Waals surface area contributed by atoms with Gasteiger partial charge in [-0.15, -0.1) is 0 Å². The second kappa shape index (κ2) is 17.8. The third kappa shape index (κ3) is 9.68. The van der Waals surface area contributed by atoms with Crippen LogP contribution in [-0.2, 0) is 9.59 Å². The van der Waals surface area contributed by atoms with Gasteiger partial charge in [-0.3, -0.25) is 0 Å². The lowest BCUT2D eigenvalue weighted by atomic mass is 10.0. The number of nitrogens with zero attached hydrogens (tertiary/aromatic N) is 2. The fraction of sp³-hybridized carbons (Fsp3) is 0.190. The number of carboxylic acid groups (broad SMARTS) is 2. The van der Waals surface area contributed by atoms with Crippen molar-refractivity contribution >= 4 is 67.2 Å². The summed E-state index contributed by atoms with van der Waals surface area (Å²) >= 11 is 0. The van der Waals surface area contributed by atoms with Crippen molar-refractivity contribution < 1.29 is 38.9 Å². The van der Waals surface area contributed by atoms with Crippen LogP contribution in [0.1, 0.15) is 0 Å². The molecule has 6 aromatic carbocycles. The first-order valence-electron chi connectivity index (χ1n) is 17.6. The number of hydrogen-bond acceptors (Lipinski definition) is 8. The molecule has 12 heteroatoms. The smallest absolute Gasteiger partial charge is 0.415 e. The molecule has 4 N–H and O–H groups in total. The Morgan fingerprint density at radius 3 is 1.19 bits per heavy atom. The molecule has 2 saturated heterocycles. The summed E-state index contributed by atoms with van der Waals surface area (Å²) in [4.78, 5) is 47.1. The van der Waals surface area contributed by atoms with Gasteiger partial charge in [0.25, 0.3) is 0 Å². The number of carboxylic acids is 2. The zero-order valence-electron chi connectivity index (χ0n) is 29.4. The average molecular weight is 729 g/mol. The number of hydrogen-bond donors (Lipinski definition) is 4. The van der Waals surface area contributed by atoms with Gasteiger partial charge >= 0.3 is 24.1 Å². The molecule has 0 saturated carbocycles. The highest BCUT2D eigenvalue weighted by atomic mass is 16.6. The van der Waals surface area contributed by atoms with Crippen LogP contribution in [0, 0.1) is 0 Å². The molecule has 54 heavy (non-hydrogen) atoms. The largest absolute Gasteiger partial charge is 0.478 e. The Balaban J connectivity index is 0.000000154. The number of aliphatic carboxylic acids is 2. The molecular formula is C42H40N4O8. The zero-order valence-corrected chi connectivity index (χ0v) is 29.4. The third-order valence-corrected chi connectivity index (χ3v) is 8.97. The van der Waals surface area contributed by atoms with Crippen LogP contribution in [0.3, 0.4) is 0 Å². The minimum absolute atomic E-state index is 0.272. The Morgan fingerprint density at radius 2 is 0.815 bits per heavy atom. The van der Waals surface area contributed by atoms with E-state index in [1.807, 2.05) is 60.7 Å². The normalized spacial score (nSPS) is 14.2. The van der Waals surface area contributed by atoms with E-state index >= 15 is 0 Å². The summed E-state index contributed by atoms with van der Waals surface area (Å²) in [6, 6.07) is 36.6. The second-order valence-corrected chi connectivity index (χ2v) is 12.6. The highest BCUT2D eigenvalue weighted by Gasteiger charge is 2.19. The molecule has 2 amide bonds. The van der Waals surface area contributed by atoms with Gasteiger partial charge < -0.3 is 40.1 Å². The van der Waals surface area contributed by atoms with E-state index in [1.165, 1.54) is 21.5 Å². The van der Waals surface area contributed by atoms with Gasteiger partial charge in [-0.25, -0.2) is 19.2 Å². The second-order valence-electron chi connectivity index (χ2n) is 12.6. The van der Waals surface area contributed by atoms with Crippen LogP contribution < -0.4 is 20.1 Å². The molecule has 2 aliphatic rings. The van der Waals surface area contributed by atoms with Crippen LogP contribution >= 0.6 is 0 Å². The molecule has 0 unspecified atom stereocenters. The number of carbonyl (C=O) groups excluding carboxylic acids is 2. The first kappa shape index (κ1) is 37.3. The van der Waals surface area contributed by atoms with Gasteiger partial charge in [-0.05, 0) is 67.4 Å². The highest BCUT2D eigenvalue weighted by molar-refractivity contribution is 6.09. The molecule has 2 fully saturated rings. The Labute approximate surface area is 311 Å². The van der Waals surface area contributed by atoms with Crippen molar-refractivity contribution in [1.82, 2.24) is 20.4 Å². The van der Waals surface area contributed by atoms with E-state index in [1.54, 1.807) is 9.80 Å². The van der Waals surface area contributed by atoms with Gasteiger partial charge in [0.15, 0.2) is 0 Å². The SMILES string of the molecule is O=C(O)/C=C\C(=O)O.O=C(Oc1ccc2ccc3ccccc3c2c1)N1CCNCC1.O=C(Oc1ccc2ccc3ccccc3c2c1)N1CCNCC1. The van der Waals surface area contributed by atoms with E-state index in [2.05, 4.69) is 59.2 Å². The van der Waals surface area contributed by atoms with Crippen LogP contribution in [0.25, 0.3) is 43.1 Å². The maximum atomic E-state index is 12.2. The maximum Gasteiger partial charge on any atom is 0.415 e. The lowest BCUT2D eigenvalue weighted by molar-refractivity contribution is -0.134. The number of benzene rings is 6. The zero-order chi connectivity index (χ0) is 37.9. The molecular weight excluding hydrogens is 688 g/mol. The van der Waals surface area contributed by atoms with E-state index in [-0.39, 0.29) is 12.2 Å². The van der Waals surface area contributed by atoms with E-state index in [9.17, 15) is 19.2 Å². The van der Waals surface area contributed by atoms with E-state index in [0.29, 0.717) is 49.8 Å².